The summed E-state index contributed by atoms with van der Waals surface area (Å²) in [5.41, 5.74) is -0.717. The van der Waals surface area contributed by atoms with E-state index in [0.717, 1.165) is 0 Å². The van der Waals surface area contributed by atoms with Crippen molar-refractivity contribution in [3.05, 3.63) is 0 Å². The second kappa shape index (κ2) is 6.25. The van der Waals surface area contributed by atoms with Gasteiger partial charge in [0, 0.05) is 0 Å². The van der Waals surface area contributed by atoms with Crippen molar-refractivity contribution in [2.24, 2.45) is 0 Å². The van der Waals surface area contributed by atoms with Crippen LogP contribution in [0.5, 0.6) is 0 Å². The average molecular weight is 218 g/mol. The third-order valence-corrected chi connectivity index (χ3v) is 4.19. The number of hydrogen-bond donors (Lipinski definition) is 0. The monoisotopic (exact) mass is 218 g/mol. The molecule has 0 rings (SSSR count). The van der Waals surface area contributed by atoms with Crippen molar-refractivity contribution in [2.45, 2.75) is 11.5 Å². The van der Waals surface area contributed by atoms with Crippen LogP contribution >= 0.6 is 8.25 Å². The van der Waals surface area contributed by atoms with Gasteiger partial charge in [-0.15, -0.1) is 12.8 Å². The van der Waals surface area contributed by atoms with Gasteiger partial charge in [-0.2, -0.15) is 0 Å². The highest BCUT2D eigenvalue weighted by atomic mass is 31.1. The third kappa shape index (κ3) is 5.37. The molecule has 0 radical (unpaired) electrons. The maximum atomic E-state index is 11.0. The maximum absolute atomic E-state index is 11.0. The van der Waals surface area contributed by atoms with Crippen molar-refractivity contribution in [1.29, 1.82) is 0 Å². The zero-order valence-electron chi connectivity index (χ0n) is 7.03. The summed E-state index contributed by atoms with van der Waals surface area (Å²) in [5, 5.41) is 0. The molecule has 2 unspecified atom stereocenters. The summed E-state index contributed by atoms with van der Waals surface area (Å²) in [6.45, 7) is 0. The molecule has 0 amide bonds. The van der Waals surface area contributed by atoms with Gasteiger partial charge in [0.1, 0.15) is 11.5 Å². The van der Waals surface area contributed by atoms with E-state index in [0.29, 0.717) is 20.5 Å². The lowest BCUT2D eigenvalue weighted by Gasteiger charge is -2.08. The van der Waals surface area contributed by atoms with Crippen molar-refractivity contribution in [3.63, 3.8) is 0 Å². The molecule has 6 heteroatoms. The molecule has 0 aliphatic heterocycles. The number of rotatable bonds is 4. The highest BCUT2D eigenvalue weighted by Gasteiger charge is 2.07. The summed E-state index contributed by atoms with van der Waals surface area (Å²) in [7, 11) is -1.20. The molecule has 0 aromatic heterocycles. The maximum Gasteiger partial charge on any atom is 0.320 e. The molecule has 0 aromatic carbocycles. The molecule has 0 N–H and O–H groups in total. The van der Waals surface area contributed by atoms with Crippen LogP contribution in [0.25, 0.3) is 0 Å². The van der Waals surface area contributed by atoms with Gasteiger partial charge in [-0.1, -0.05) is 11.8 Å². The SMILES string of the molecule is C#CC([SiH3])O[PH](=O)OC([SiH3])C#C. The molecule has 66 valence electrons. The summed E-state index contributed by atoms with van der Waals surface area (Å²) in [6, 6.07) is 0. The Labute approximate surface area is 79.0 Å². The summed E-state index contributed by atoms with van der Waals surface area (Å²) >= 11 is 0. The van der Waals surface area contributed by atoms with E-state index in [1.165, 1.54) is 0 Å². The first-order chi connectivity index (χ1) is 5.60. The van der Waals surface area contributed by atoms with Crippen molar-refractivity contribution in [1.82, 2.24) is 0 Å². The summed E-state index contributed by atoms with van der Waals surface area (Å²) in [5.74, 6) is 4.66. The Kier molecular flexibility index (Phi) is 6.09. The van der Waals surface area contributed by atoms with E-state index < -0.39 is 8.25 Å². The normalized spacial score (nSPS) is 17.5. The molecule has 0 heterocycles. The van der Waals surface area contributed by atoms with E-state index in [2.05, 4.69) is 11.8 Å². The van der Waals surface area contributed by atoms with Gasteiger partial charge in [-0.25, -0.2) is 0 Å². The van der Waals surface area contributed by atoms with E-state index in [-0.39, 0.29) is 11.5 Å². The Morgan fingerprint density at radius 1 is 1.17 bits per heavy atom. The van der Waals surface area contributed by atoms with E-state index in [4.69, 9.17) is 21.9 Å². The van der Waals surface area contributed by atoms with Crippen molar-refractivity contribution >= 4 is 28.7 Å². The molecule has 0 bridgehead atoms. The molecular formula is C6H11O3PSi2. The van der Waals surface area contributed by atoms with E-state index in [9.17, 15) is 4.57 Å². The van der Waals surface area contributed by atoms with Gasteiger partial charge in [0.25, 0.3) is 0 Å². The lowest BCUT2D eigenvalue weighted by molar-refractivity contribution is 0.236. The summed E-state index contributed by atoms with van der Waals surface area (Å²) in [6.07, 6.45) is 10.1. The molecular weight excluding hydrogens is 207 g/mol. The van der Waals surface area contributed by atoms with Gasteiger partial charge in [-0.05, 0) is 0 Å². The fourth-order valence-corrected chi connectivity index (χ4v) is 2.31. The van der Waals surface area contributed by atoms with Gasteiger partial charge >= 0.3 is 8.25 Å². The van der Waals surface area contributed by atoms with Crippen LogP contribution in [-0.2, 0) is 13.6 Å². The van der Waals surface area contributed by atoms with Gasteiger partial charge in [0.15, 0.2) is 0 Å². The third-order valence-electron chi connectivity index (χ3n) is 1.02. The van der Waals surface area contributed by atoms with Gasteiger partial charge in [0.05, 0.1) is 20.5 Å². The lowest BCUT2D eigenvalue weighted by Crippen LogP contribution is -2.09. The Balaban J connectivity index is 3.78. The topological polar surface area (TPSA) is 35.5 Å². The standard InChI is InChI=1S/C6H11O3PSi2/c1-3-5(11)8-10(7)9-6(12)4-2/h1-2,5-6,10H,11-12H3. The molecule has 0 saturated heterocycles. The molecule has 3 nitrogen and oxygen atoms in total. The molecule has 0 spiro atoms. The fourth-order valence-electron chi connectivity index (χ4n) is 0.384. The van der Waals surface area contributed by atoms with Crippen LogP contribution in [0.15, 0.2) is 0 Å². The first-order valence-electron chi connectivity index (χ1n) is 3.39. The first-order valence-corrected chi connectivity index (χ1v) is 6.93. The van der Waals surface area contributed by atoms with Crippen molar-refractivity contribution in [2.75, 3.05) is 0 Å². The molecule has 0 aliphatic rings. The van der Waals surface area contributed by atoms with Crippen molar-refractivity contribution < 1.29 is 13.6 Å². The van der Waals surface area contributed by atoms with Crippen LogP contribution in [0, 0.1) is 24.7 Å². The van der Waals surface area contributed by atoms with E-state index in [1.807, 2.05) is 0 Å². The predicted molar refractivity (Wildman–Crippen MR) is 56.3 cm³/mol. The molecule has 0 fully saturated rings. The van der Waals surface area contributed by atoms with E-state index in [1.54, 1.807) is 0 Å². The number of hydrogen-bond acceptors (Lipinski definition) is 3. The van der Waals surface area contributed by atoms with E-state index >= 15 is 0 Å². The Bertz CT molecular complexity index is 218. The minimum atomic E-state index is -2.48. The zero-order valence-corrected chi connectivity index (χ0v) is 12.0. The summed E-state index contributed by atoms with van der Waals surface area (Å²) < 4.78 is 20.7. The minimum absolute atomic E-state index is 0.358. The van der Waals surface area contributed by atoms with Crippen LogP contribution in [-0.4, -0.2) is 31.9 Å². The second-order valence-corrected chi connectivity index (χ2v) is 5.17. The Morgan fingerprint density at radius 3 is 1.75 bits per heavy atom. The average Bonchev–Trinajstić information content (AvgIpc) is 2.03. The highest BCUT2D eigenvalue weighted by molar-refractivity contribution is 7.33. The minimum Gasteiger partial charge on any atom is -0.299 e. The molecule has 12 heavy (non-hydrogen) atoms. The molecule has 0 saturated carbocycles. The fraction of sp³-hybridized carbons (Fsp3) is 0.333. The Morgan fingerprint density at radius 2 is 1.50 bits per heavy atom. The van der Waals surface area contributed by atoms with Crippen LogP contribution in [0.2, 0.25) is 0 Å². The second-order valence-electron chi connectivity index (χ2n) is 2.10. The molecule has 2 atom stereocenters. The summed E-state index contributed by atoms with van der Waals surface area (Å²) in [4.78, 5) is 0. The quantitative estimate of drug-likeness (QED) is 0.313. The first kappa shape index (κ1) is 11.7. The van der Waals surface area contributed by atoms with Crippen LogP contribution in [0.1, 0.15) is 0 Å². The Hall–Kier alpha value is -0.296. The largest absolute Gasteiger partial charge is 0.320 e. The van der Waals surface area contributed by atoms with Gasteiger partial charge < -0.3 is 0 Å². The molecule has 0 aromatic rings. The number of terminal acetylenes is 2. The van der Waals surface area contributed by atoms with Crippen molar-refractivity contribution in [3.8, 4) is 24.7 Å². The van der Waals surface area contributed by atoms with Gasteiger partial charge in [0.2, 0.25) is 0 Å². The van der Waals surface area contributed by atoms with Crippen LogP contribution < -0.4 is 0 Å². The smallest absolute Gasteiger partial charge is 0.299 e. The molecule has 0 aliphatic carbocycles. The highest BCUT2D eigenvalue weighted by Crippen LogP contribution is 2.26. The zero-order chi connectivity index (χ0) is 9.56. The van der Waals surface area contributed by atoms with Crippen LogP contribution in [0.3, 0.4) is 0 Å². The van der Waals surface area contributed by atoms with Crippen LogP contribution in [0.4, 0.5) is 0 Å². The van der Waals surface area contributed by atoms with Gasteiger partial charge in [-0.3, -0.25) is 13.6 Å². The predicted octanol–water partition coefficient (Wildman–Crippen LogP) is -1.94. The lowest BCUT2D eigenvalue weighted by atomic mass is 10.8.